The molecular weight excluding hydrogens is 270 g/mol. The number of carbonyl (C=O) groups is 1. The van der Waals surface area contributed by atoms with E-state index in [2.05, 4.69) is 5.32 Å². The van der Waals surface area contributed by atoms with Gasteiger partial charge in [-0.15, -0.1) is 11.3 Å². The summed E-state index contributed by atoms with van der Waals surface area (Å²) in [6, 6.07) is 3.68. The van der Waals surface area contributed by atoms with Crippen LogP contribution in [0.3, 0.4) is 0 Å². The van der Waals surface area contributed by atoms with Crippen molar-refractivity contribution in [3.05, 3.63) is 27.4 Å². The molecule has 18 heavy (non-hydrogen) atoms. The summed E-state index contributed by atoms with van der Waals surface area (Å²) in [5.74, 6) is 0.0807. The number of hydrogen-bond acceptors (Lipinski definition) is 3. The molecule has 1 aliphatic carbocycles. The molecule has 1 aromatic rings. The first kappa shape index (κ1) is 13.6. The highest BCUT2D eigenvalue weighted by molar-refractivity contribution is 7.17. The topological polar surface area (TPSA) is 49.3 Å². The molecule has 0 aromatic carbocycles. The SMILES string of the molecule is O=C(C=Cc1ccc(Cl)s1)NCC1CCCC1O. The van der Waals surface area contributed by atoms with Gasteiger partial charge in [-0.25, -0.2) is 0 Å². The van der Waals surface area contributed by atoms with Crippen molar-refractivity contribution in [1.82, 2.24) is 5.32 Å². The van der Waals surface area contributed by atoms with Crippen molar-refractivity contribution in [3.8, 4) is 0 Å². The summed E-state index contributed by atoms with van der Waals surface area (Å²) in [5.41, 5.74) is 0. The number of thiophene rings is 1. The number of amides is 1. The number of rotatable bonds is 4. The van der Waals surface area contributed by atoms with Crippen LogP contribution < -0.4 is 5.32 Å². The predicted octanol–water partition coefficient (Wildman–Crippen LogP) is 2.69. The van der Waals surface area contributed by atoms with E-state index in [-0.39, 0.29) is 17.9 Å². The van der Waals surface area contributed by atoms with Gasteiger partial charge in [-0.05, 0) is 31.1 Å². The molecule has 1 aromatic heterocycles. The highest BCUT2D eigenvalue weighted by Crippen LogP contribution is 2.24. The van der Waals surface area contributed by atoms with E-state index in [1.807, 2.05) is 6.07 Å². The van der Waals surface area contributed by atoms with Crippen molar-refractivity contribution < 1.29 is 9.90 Å². The summed E-state index contributed by atoms with van der Waals surface area (Å²) >= 11 is 7.23. The highest BCUT2D eigenvalue weighted by atomic mass is 35.5. The molecule has 2 atom stereocenters. The first-order valence-corrected chi connectivity index (χ1v) is 7.24. The molecular formula is C13H16ClNO2S. The molecule has 98 valence electrons. The van der Waals surface area contributed by atoms with Crippen molar-refractivity contribution in [1.29, 1.82) is 0 Å². The summed E-state index contributed by atoms with van der Waals surface area (Å²) in [5, 5.41) is 12.4. The Morgan fingerprint density at radius 3 is 3.00 bits per heavy atom. The number of halogens is 1. The van der Waals surface area contributed by atoms with Gasteiger partial charge in [0.2, 0.25) is 5.91 Å². The number of hydrogen-bond donors (Lipinski definition) is 2. The number of aliphatic hydroxyl groups excluding tert-OH is 1. The Labute approximate surface area is 115 Å². The second-order valence-corrected chi connectivity index (χ2v) is 6.23. The zero-order chi connectivity index (χ0) is 13.0. The van der Waals surface area contributed by atoms with Crippen molar-refractivity contribution in [2.45, 2.75) is 25.4 Å². The number of carbonyl (C=O) groups excluding carboxylic acids is 1. The van der Waals surface area contributed by atoms with Crippen LogP contribution in [0.2, 0.25) is 4.34 Å². The van der Waals surface area contributed by atoms with Crippen LogP contribution in [0.25, 0.3) is 6.08 Å². The fraction of sp³-hybridized carbons (Fsp3) is 0.462. The van der Waals surface area contributed by atoms with Crippen LogP contribution in [0.1, 0.15) is 24.1 Å². The Hall–Kier alpha value is -0.840. The molecule has 1 amide bonds. The third kappa shape index (κ3) is 3.83. The van der Waals surface area contributed by atoms with Gasteiger partial charge in [-0.3, -0.25) is 4.79 Å². The highest BCUT2D eigenvalue weighted by Gasteiger charge is 2.24. The van der Waals surface area contributed by atoms with E-state index in [9.17, 15) is 9.90 Å². The first-order valence-electron chi connectivity index (χ1n) is 6.04. The van der Waals surface area contributed by atoms with Crippen LogP contribution in [0.5, 0.6) is 0 Å². The fourth-order valence-electron chi connectivity index (χ4n) is 2.12. The van der Waals surface area contributed by atoms with Gasteiger partial charge >= 0.3 is 0 Å². The van der Waals surface area contributed by atoms with Crippen molar-refractivity contribution in [3.63, 3.8) is 0 Å². The fourth-order valence-corrected chi connectivity index (χ4v) is 3.09. The van der Waals surface area contributed by atoms with Crippen LogP contribution in [-0.4, -0.2) is 23.7 Å². The minimum absolute atomic E-state index is 0.126. The smallest absolute Gasteiger partial charge is 0.244 e. The van der Waals surface area contributed by atoms with Crippen LogP contribution in [0.4, 0.5) is 0 Å². The Morgan fingerprint density at radius 2 is 2.39 bits per heavy atom. The Balaban J connectivity index is 1.76. The minimum Gasteiger partial charge on any atom is -0.393 e. The Bertz CT molecular complexity index is 444. The maximum absolute atomic E-state index is 11.6. The zero-order valence-corrected chi connectivity index (χ0v) is 11.5. The van der Waals surface area contributed by atoms with Gasteiger partial charge in [0, 0.05) is 23.4 Å². The summed E-state index contributed by atoms with van der Waals surface area (Å²) in [6.07, 6.45) is 5.88. The lowest BCUT2D eigenvalue weighted by molar-refractivity contribution is -0.116. The molecule has 1 fully saturated rings. The molecule has 2 N–H and O–H groups in total. The van der Waals surface area contributed by atoms with Crippen molar-refractivity contribution in [2.75, 3.05) is 6.54 Å². The second-order valence-electron chi connectivity index (χ2n) is 4.48. The van der Waals surface area contributed by atoms with Crippen LogP contribution in [0.15, 0.2) is 18.2 Å². The minimum atomic E-state index is -0.259. The molecule has 0 bridgehead atoms. The Morgan fingerprint density at radius 1 is 1.56 bits per heavy atom. The first-order chi connectivity index (χ1) is 8.65. The van der Waals surface area contributed by atoms with Gasteiger partial charge in [0.1, 0.15) is 0 Å². The third-order valence-corrected chi connectivity index (χ3v) is 4.35. The molecule has 0 spiro atoms. The number of nitrogens with one attached hydrogen (secondary N) is 1. The third-order valence-electron chi connectivity index (χ3n) is 3.15. The van der Waals surface area contributed by atoms with Crippen LogP contribution >= 0.6 is 22.9 Å². The van der Waals surface area contributed by atoms with E-state index in [1.54, 1.807) is 12.1 Å². The molecule has 1 heterocycles. The van der Waals surface area contributed by atoms with Gasteiger partial charge in [0.25, 0.3) is 0 Å². The van der Waals surface area contributed by atoms with Gasteiger partial charge in [0.05, 0.1) is 10.4 Å². The molecule has 3 nitrogen and oxygen atoms in total. The number of aliphatic hydroxyl groups is 1. The van der Waals surface area contributed by atoms with E-state index >= 15 is 0 Å². The monoisotopic (exact) mass is 285 g/mol. The van der Waals surface area contributed by atoms with Gasteiger partial charge < -0.3 is 10.4 Å². The van der Waals surface area contributed by atoms with E-state index in [0.717, 1.165) is 24.1 Å². The zero-order valence-electron chi connectivity index (χ0n) is 9.93. The summed E-state index contributed by atoms with van der Waals surface area (Å²) in [6.45, 7) is 0.551. The van der Waals surface area contributed by atoms with Crippen molar-refractivity contribution in [2.24, 2.45) is 5.92 Å². The maximum Gasteiger partial charge on any atom is 0.244 e. The average Bonchev–Trinajstić information content (AvgIpc) is 2.93. The standard InChI is InChI=1S/C13H16ClNO2S/c14-12-6-4-10(18-12)5-7-13(17)15-8-9-2-1-3-11(9)16/h4-7,9,11,16H,1-3,8H2,(H,15,17). The van der Waals surface area contributed by atoms with E-state index < -0.39 is 0 Å². The largest absolute Gasteiger partial charge is 0.393 e. The molecule has 2 unspecified atom stereocenters. The molecule has 1 aliphatic rings. The van der Waals surface area contributed by atoms with E-state index in [4.69, 9.17) is 11.6 Å². The van der Waals surface area contributed by atoms with Gasteiger partial charge in [-0.1, -0.05) is 18.0 Å². The second kappa shape index (κ2) is 6.36. The van der Waals surface area contributed by atoms with Gasteiger partial charge in [-0.2, -0.15) is 0 Å². The molecule has 2 rings (SSSR count). The lowest BCUT2D eigenvalue weighted by atomic mass is 10.1. The van der Waals surface area contributed by atoms with Gasteiger partial charge in [0.15, 0.2) is 0 Å². The molecule has 5 heteroatoms. The van der Waals surface area contributed by atoms with E-state index in [1.165, 1.54) is 17.4 Å². The lowest BCUT2D eigenvalue weighted by Crippen LogP contribution is -2.31. The molecule has 0 saturated heterocycles. The summed E-state index contributed by atoms with van der Waals surface area (Å²) < 4.78 is 0.712. The normalized spacial score (nSPS) is 23.7. The molecule has 1 saturated carbocycles. The average molecular weight is 286 g/mol. The summed E-state index contributed by atoms with van der Waals surface area (Å²) in [7, 11) is 0. The Kier molecular flexibility index (Phi) is 4.80. The van der Waals surface area contributed by atoms with E-state index in [0.29, 0.717) is 10.9 Å². The van der Waals surface area contributed by atoms with Crippen LogP contribution in [-0.2, 0) is 4.79 Å². The summed E-state index contributed by atoms with van der Waals surface area (Å²) in [4.78, 5) is 12.5. The lowest BCUT2D eigenvalue weighted by Gasteiger charge is -2.13. The van der Waals surface area contributed by atoms with Crippen LogP contribution in [0, 0.1) is 5.92 Å². The quantitative estimate of drug-likeness (QED) is 0.836. The molecule has 0 radical (unpaired) electrons. The maximum atomic E-state index is 11.6. The predicted molar refractivity (Wildman–Crippen MR) is 74.7 cm³/mol. The molecule has 0 aliphatic heterocycles. The van der Waals surface area contributed by atoms with Crippen molar-refractivity contribution >= 4 is 34.9 Å².